The number of ether oxygens (including phenoxy) is 2. The third kappa shape index (κ3) is 4.83. The van der Waals surface area contributed by atoms with Gasteiger partial charge < -0.3 is 14.6 Å². The lowest BCUT2D eigenvalue weighted by atomic mass is 9.87. The van der Waals surface area contributed by atoms with Crippen LogP contribution in [0.2, 0.25) is 0 Å². The monoisotopic (exact) mass is 401 g/mol. The van der Waals surface area contributed by atoms with Crippen LogP contribution in [0.25, 0.3) is 0 Å². The fraction of sp³-hybridized carbons (Fsp3) is 0.474. The van der Waals surface area contributed by atoms with Crippen molar-refractivity contribution in [1.29, 1.82) is 0 Å². The highest BCUT2D eigenvalue weighted by molar-refractivity contribution is 5.81. The molecule has 154 valence electrons. The van der Waals surface area contributed by atoms with Crippen LogP contribution >= 0.6 is 0 Å². The Balaban J connectivity index is 2.38. The molecule has 2 atom stereocenters. The topological polar surface area (TPSA) is 76.1 Å². The maximum Gasteiger partial charge on any atom is 0.416 e. The van der Waals surface area contributed by atoms with Crippen molar-refractivity contribution in [1.82, 2.24) is 4.90 Å². The van der Waals surface area contributed by atoms with Crippen molar-refractivity contribution in [2.75, 3.05) is 13.7 Å². The van der Waals surface area contributed by atoms with Crippen LogP contribution in [0.5, 0.6) is 0 Å². The lowest BCUT2D eigenvalue weighted by Crippen LogP contribution is -2.49. The van der Waals surface area contributed by atoms with E-state index >= 15 is 0 Å². The van der Waals surface area contributed by atoms with Gasteiger partial charge in [0.25, 0.3) is 0 Å². The van der Waals surface area contributed by atoms with E-state index < -0.39 is 41.5 Å². The maximum atomic E-state index is 12.9. The second-order valence-electron chi connectivity index (χ2n) is 6.87. The summed E-state index contributed by atoms with van der Waals surface area (Å²) in [5, 5.41) is 9.62. The van der Waals surface area contributed by atoms with Gasteiger partial charge in [-0.3, -0.25) is 4.90 Å². The molecule has 1 amide bonds. The minimum atomic E-state index is -4.47. The molecule has 0 aliphatic carbocycles. The van der Waals surface area contributed by atoms with Crippen molar-refractivity contribution in [3.63, 3.8) is 0 Å². The Kier molecular flexibility index (Phi) is 6.38. The van der Waals surface area contributed by atoms with Crippen molar-refractivity contribution in [3.8, 4) is 0 Å². The summed E-state index contributed by atoms with van der Waals surface area (Å²) >= 11 is 0. The second-order valence-corrected chi connectivity index (χ2v) is 6.87. The molecule has 1 aromatic carbocycles. The summed E-state index contributed by atoms with van der Waals surface area (Å²) in [4.78, 5) is 24.3. The summed E-state index contributed by atoms with van der Waals surface area (Å²) in [7, 11) is 1.22. The highest BCUT2D eigenvalue weighted by atomic mass is 19.4. The first-order chi connectivity index (χ1) is 13.0. The van der Waals surface area contributed by atoms with Crippen LogP contribution in [-0.4, -0.2) is 47.6 Å². The highest BCUT2D eigenvalue weighted by Crippen LogP contribution is 2.38. The van der Waals surface area contributed by atoms with Gasteiger partial charge in [-0.05, 0) is 38.0 Å². The second kappa shape index (κ2) is 8.22. The van der Waals surface area contributed by atoms with E-state index in [-0.39, 0.29) is 13.0 Å². The molecule has 28 heavy (non-hydrogen) atoms. The summed E-state index contributed by atoms with van der Waals surface area (Å²) in [6.07, 6.45) is -2.73. The summed E-state index contributed by atoms with van der Waals surface area (Å²) in [5.41, 5.74) is -1.36. The van der Waals surface area contributed by atoms with Gasteiger partial charge in [-0.2, -0.15) is 13.2 Å². The molecule has 1 aliphatic rings. The summed E-state index contributed by atoms with van der Waals surface area (Å²) < 4.78 is 48.7. The third-order valence-electron chi connectivity index (χ3n) is 4.70. The number of alkyl halides is 3. The fourth-order valence-corrected chi connectivity index (χ4v) is 3.31. The van der Waals surface area contributed by atoms with Gasteiger partial charge in [0.15, 0.2) is 0 Å². The molecule has 9 heteroatoms. The zero-order chi connectivity index (χ0) is 21.1. The number of halogens is 3. The summed E-state index contributed by atoms with van der Waals surface area (Å²) in [6.45, 7) is 3.29. The van der Waals surface area contributed by atoms with Crippen molar-refractivity contribution >= 4 is 12.1 Å². The molecule has 1 aliphatic heterocycles. The number of rotatable bonds is 5. The summed E-state index contributed by atoms with van der Waals surface area (Å²) in [5.74, 6) is -1.09. The predicted molar refractivity (Wildman–Crippen MR) is 93.6 cm³/mol. The van der Waals surface area contributed by atoms with Crippen LogP contribution in [0.1, 0.15) is 37.3 Å². The largest absolute Gasteiger partial charge is 0.466 e. The summed E-state index contributed by atoms with van der Waals surface area (Å²) in [6, 6.07) is 3.93. The first-order valence-corrected chi connectivity index (χ1v) is 8.55. The molecule has 0 aromatic heterocycles. The lowest BCUT2D eigenvalue weighted by molar-refractivity contribution is -0.137. The van der Waals surface area contributed by atoms with E-state index in [1.54, 1.807) is 13.8 Å². The van der Waals surface area contributed by atoms with E-state index in [4.69, 9.17) is 4.74 Å². The molecule has 6 nitrogen and oxygen atoms in total. The van der Waals surface area contributed by atoms with Crippen LogP contribution in [0.4, 0.5) is 18.0 Å². The molecule has 1 aromatic rings. The number of benzene rings is 1. The van der Waals surface area contributed by atoms with Crippen LogP contribution in [-0.2, 0) is 20.4 Å². The standard InChI is InChI=1S/C19H22F3NO5/c1-18(2)23(17(25)26)15(11-28-18)14(5-4-6-16(24)27-3)12-7-9-13(10-8-12)19(20,21)22/h4,6-10,14-15H,5,11H2,1-3H3,(H,25,26)/t14-,15+/m0/s1. The lowest BCUT2D eigenvalue weighted by Gasteiger charge is -2.34. The number of carbonyl (C=O) groups is 2. The molecule has 0 saturated carbocycles. The van der Waals surface area contributed by atoms with E-state index in [0.29, 0.717) is 5.56 Å². The number of esters is 1. The Hall–Kier alpha value is -2.55. The first kappa shape index (κ1) is 21.7. The molecule has 0 bridgehead atoms. The number of carboxylic acid groups (broad SMARTS) is 1. The van der Waals surface area contributed by atoms with Gasteiger partial charge in [-0.15, -0.1) is 0 Å². The Labute approximate surface area is 160 Å². The maximum absolute atomic E-state index is 12.9. The average Bonchev–Trinajstić information content (AvgIpc) is 2.93. The smallest absolute Gasteiger partial charge is 0.416 e. The van der Waals surface area contributed by atoms with E-state index in [9.17, 15) is 27.9 Å². The van der Waals surface area contributed by atoms with Gasteiger partial charge in [0.05, 0.1) is 25.3 Å². The van der Waals surface area contributed by atoms with Crippen LogP contribution in [0.15, 0.2) is 36.4 Å². The van der Waals surface area contributed by atoms with Gasteiger partial charge in [-0.25, -0.2) is 9.59 Å². The minimum absolute atomic E-state index is 0.0804. The number of hydrogen-bond donors (Lipinski definition) is 1. The molecule has 0 spiro atoms. The number of carbonyl (C=O) groups excluding carboxylic acids is 1. The minimum Gasteiger partial charge on any atom is -0.466 e. The Morgan fingerprint density at radius 2 is 1.96 bits per heavy atom. The predicted octanol–water partition coefficient (Wildman–Crippen LogP) is 4.02. The molecule has 0 radical (unpaired) electrons. The Morgan fingerprint density at radius 3 is 2.46 bits per heavy atom. The van der Waals surface area contributed by atoms with Gasteiger partial charge in [0.1, 0.15) is 5.72 Å². The quantitative estimate of drug-likeness (QED) is 0.596. The molecule has 0 unspecified atom stereocenters. The van der Waals surface area contributed by atoms with E-state index in [1.807, 2.05) is 0 Å². The van der Waals surface area contributed by atoms with E-state index in [0.717, 1.165) is 17.0 Å². The molecule has 1 fully saturated rings. The molecule has 2 rings (SSSR count). The van der Waals surface area contributed by atoms with Crippen LogP contribution in [0.3, 0.4) is 0 Å². The molecule has 1 N–H and O–H groups in total. The Bertz CT molecular complexity index is 743. The number of amides is 1. The van der Waals surface area contributed by atoms with Gasteiger partial charge in [-0.1, -0.05) is 18.2 Å². The SMILES string of the molecule is COC(=O)C=CC[C@@H](c1ccc(C(F)(F)F)cc1)[C@H]1COC(C)(C)N1C(=O)O. The van der Waals surface area contributed by atoms with Crippen molar-refractivity contribution in [3.05, 3.63) is 47.5 Å². The number of hydrogen-bond acceptors (Lipinski definition) is 4. The van der Waals surface area contributed by atoms with Gasteiger partial charge in [0, 0.05) is 12.0 Å². The number of nitrogens with zero attached hydrogens (tertiary/aromatic N) is 1. The van der Waals surface area contributed by atoms with Gasteiger partial charge >= 0.3 is 18.2 Å². The molecular weight excluding hydrogens is 379 g/mol. The average molecular weight is 401 g/mol. The van der Waals surface area contributed by atoms with E-state index in [2.05, 4.69) is 4.74 Å². The highest BCUT2D eigenvalue weighted by Gasteiger charge is 2.47. The van der Waals surface area contributed by atoms with E-state index in [1.165, 1.54) is 31.4 Å². The number of allylic oxidation sites excluding steroid dienone is 1. The number of methoxy groups -OCH3 is 1. The first-order valence-electron chi connectivity index (χ1n) is 8.55. The molecular formula is C19H22F3NO5. The molecule has 1 saturated heterocycles. The molecule has 1 heterocycles. The van der Waals surface area contributed by atoms with Crippen LogP contribution in [0, 0.1) is 0 Å². The Morgan fingerprint density at radius 1 is 1.36 bits per heavy atom. The van der Waals surface area contributed by atoms with Crippen molar-refractivity contribution in [2.24, 2.45) is 0 Å². The third-order valence-corrected chi connectivity index (χ3v) is 4.70. The zero-order valence-corrected chi connectivity index (χ0v) is 15.7. The zero-order valence-electron chi connectivity index (χ0n) is 15.7. The van der Waals surface area contributed by atoms with Crippen molar-refractivity contribution < 1.29 is 37.3 Å². The van der Waals surface area contributed by atoms with Crippen LogP contribution < -0.4 is 0 Å². The fourth-order valence-electron chi connectivity index (χ4n) is 3.31. The van der Waals surface area contributed by atoms with Gasteiger partial charge in [0.2, 0.25) is 0 Å². The normalized spacial score (nSPS) is 20.4. The van der Waals surface area contributed by atoms with Crippen molar-refractivity contribution in [2.45, 2.75) is 44.1 Å².